The number of hydrogen-bond donors (Lipinski definition) is 2. The number of aromatic nitrogens is 4. The molecule has 2 aliphatic rings. The van der Waals surface area contributed by atoms with Crippen LogP contribution in [-0.4, -0.2) is 50.0 Å². The first-order valence-electron chi connectivity index (χ1n) is 8.71. The van der Waals surface area contributed by atoms with E-state index in [0.717, 1.165) is 5.76 Å². The molecule has 10 nitrogen and oxygen atoms in total. The third-order valence-electron chi connectivity index (χ3n) is 4.86. The third-order valence-corrected chi connectivity index (χ3v) is 4.86. The Morgan fingerprint density at radius 3 is 2.96 bits per heavy atom. The van der Waals surface area contributed by atoms with Crippen molar-refractivity contribution in [3.8, 4) is 11.5 Å². The van der Waals surface area contributed by atoms with E-state index in [-0.39, 0.29) is 23.9 Å². The van der Waals surface area contributed by atoms with Gasteiger partial charge in [-0.1, -0.05) is 5.16 Å². The molecule has 3 aromatic rings. The number of carbonyl (C=O) groups is 1. The summed E-state index contributed by atoms with van der Waals surface area (Å²) in [7, 11) is 0. The maximum atomic E-state index is 12.7. The quantitative estimate of drug-likeness (QED) is 0.684. The van der Waals surface area contributed by atoms with Crippen molar-refractivity contribution in [1.82, 2.24) is 35.9 Å². The Hall–Kier alpha value is -3.11. The lowest BCUT2D eigenvalue weighted by Gasteiger charge is -2.38. The van der Waals surface area contributed by atoms with Crippen molar-refractivity contribution in [2.45, 2.75) is 24.4 Å². The van der Waals surface area contributed by atoms with Crippen LogP contribution in [0.15, 0.2) is 45.9 Å². The van der Waals surface area contributed by atoms with Crippen LogP contribution in [0.1, 0.15) is 30.0 Å². The molecule has 2 atom stereocenters. The van der Waals surface area contributed by atoms with Crippen molar-refractivity contribution in [1.29, 1.82) is 0 Å². The first-order chi connectivity index (χ1) is 13.3. The summed E-state index contributed by atoms with van der Waals surface area (Å²) in [4.78, 5) is 27.0. The summed E-state index contributed by atoms with van der Waals surface area (Å²) in [6.07, 6.45) is 7.02. The Bertz CT molecular complexity index is 921. The van der Waals surface area contributed by atoms with Crippen LogP contribution in [-0.2, 0) is 4.79 Å². The normalized spacial score (nSPS) is 22.7. The van der Waals surface area contributed by atoms with Gasteiger partial charge in [0, 0.05) is 25.5 Å². The molecular weight excluding hydrogens is 350 g/mol. The van der Waals surface area contributed by atoms with Crippen molar-refractivity contribution in [3.63, 3.8) is 0 Å². The number of nitrogens with one attached hydrogen (secondary N) is 2. The SMILES string of the molecule is O=C(C1CC(c2ccco2)NN1)N1CC(c2nc(-c3cnccn3)no2)C1. The second kappa shape index (κ2) is 6.56. The average molecular weight is 367 g/mol. The van der Waals surface area contributed by atoms with Gasteiger partial charge >= 0.3 is 0 Å². The van der Waals surface area contributed by atoms with Gasteiger partial charge < -0.3 is 13.8 Å². The van der Waals surface area contributed by atoms with Crippen LogP contribution >= 0.6 is 0 Å². The van der Waals surface area contributed by atoms with E-state index < -0.39 is 0 Å². The summed E-state index contributed by atoms with van der Waals surface area (Å²) in [5, 5.41) is 3.95. The van der Waals surface area contributed by atoms with E-state index in [1.54, 1.807) is 29.8 Å². The van der Waals surface area contributed by atoms with Crippen LogP contribution in [0.2, 0.25) is 0 Å². The minimum absolute atomic E-state index is 0.00324. The zero-order valence-corrected chi connectivity index (χ0v) is 14.3. The van der Waals surface area contributed by atoms with Gasteiger partial charge in [0.15, 0.2) is 0 Å². The number of furan rings is 1. The molecule has 10 heteroatoms. The minimum atomic E-state index is -0.279. The van der Waals surface area contributed by atoms with Crippen molar-refractivity contribution in [3.05, 3.63) is 48.6 Å². The smallest absolute Gasteiger partial charge is 0.241 e. The molecule has 5 heterocycles. The van der Waals surface area contributed by atoms with Crippen molar-refractivity contribution in [2.75, 3.05) is 13.1 Å². The van der Waals surface area contributed by atoms with E-state index in [1.165, 1.54) is 0 Å². The maximum absolute atomic E-state index is 12.7. The lowest BCUT2D eigenvalue weighted by molar-refractivity contribution is -0.138. The topological polar surface area (TPSA) is 122 Å². The van der Waals surface area contributed by atoms with Gasteiger partial charge in [-0.25, -0.2) is 15.8 Å². The highest BCUT2D eigenvalue weighted by Gasteiger charge is 2.41. The lowest BCUT2D eigenvalue weighted by atomic mass is 9.97. The standard InChI is InChI=1S/C17H17N7O3/c25-17(12-6-11(21-22-12)14-2-1-5-26-14)24-8-10(9-24)16-20-15(23-27-16)13-7-18-3-4-19-13/h1-5,7,10-12,21-22H,6,8-9H2. The number of hydrazine groups is 1. The van der Waals surface area contributed by atoms with Crippen LogP contribution in [0.25, 0.3) is 11.5 Å². The highest BCUT2D eigenvalue weighted by Crippen LogP contribution is 2.30. The molecule has 2 aliphatic heterocycles. The minimum Gasteiger partial charge on any atom is -0.468 e. The first-order valence-corrected chi connectivity index (χ1v) is 8.71. The molecule has 1 amide bonds. The number of likely N-dealkylation sites (tertiary alicyclic amines) is 1. The Morgan fingerprint density at radius 2 is 2.19 bits per heavy atom. The molecule has 5 rings (SSSR count). The van der Waals surface area contributed by atoms with E-state index in [9.17, 15) is 4.79 Å². The molecule has 2 N–H and O–H groups in total. The fourth-order valence-electron chi connectivity index (χ4n) is 3.35. The van der Waals surface area contributed by atoms with Crippen LogP contribution in [0.4, 0.5) is 0 Å². The number of amides is 1. The Morgan fingerprint density at radius 1 is 1.26 bits per heavy atom. The lowest BCUT2D eigenvalue weighted by Crippen LogP contribution is -2.54. The molecule has 2 unspecified atom stereocenters. The highest BCUT2D eigenvalue weighted by molar-refractivity contribution is 5.83. The number of carbonyl (C=O) groups excluding carboxylic acids is 1. The van der Waals surface area contributed by atoms with Gasteiger partial charge in [-0.3, -0.25) is 9.78 Å². The van der Waals surface area contributed by atoms with Gasteiger partial charge in [-0.2, -0.15) is 4.98 Å². The Kier molecular flexibility index (Phi) is 3.91. The molecule has 0 saturated carbocycles. The summed E-state index contributed by atoms with van der Waals surface area (Å²) in [5.74, 6) is 1.85. The van der Waals surface area contributed by atoms with Crippen molar-refractivity contribution < 1.29 is 13.7 Å². The fraction of sp³-hybridized carbons (Fsp3) is 0.353. The maximum Gasteiger partial charge on any atom is 0.241 e. The predicted molar refractivity (Wildman–Crippen MR) is 90.8 cm³/mol. The fourth-order valence-corrected chi connectivity index (χ4v) is 3.35. The largest absolute Gasteiger partial charge is 0.468 e. The second-order valence-corrected chi connectivity index (χ2v) is 6.63. The van der Waals surface area contributed by atoms with Gasteiger partial charge in [-0.05, 0) is 18.6 Å². The molecule has 0 aliphatic carbocycles. The van der Waals surface area contributed by atoms with Gasteiger partial charge in [0.2, 0.25) is 17.6 Å². The van der Waals surface area contributed by atoms with Crippen LogP contribution in [0, 0.1) is 0 Å². The van der Waals surface area contributed by atoms with Gasteiger partial charge in [0.05, 0.1) is 24.4 Å². The number of rotatable bonds is 4. The van der Waals surface area contributed by atoms with Crippen molar-refractivity contribution >= 4 is 5.91 Å². The molecule has 0 bridgehead atoms. The van der Waals surface area contributed by atoms with Crippen LogP contribution < -0.4 is 10.9 Å². The summed E-state index contributed by atoms with van der Waals surface area (Å²) in [6, 6.07) is 3.46. The van der Waals surface area contributed by atoms with E-state index in [0.29, 0.717) is 36.9 Å². The first kappa shape index (κ1) is 16.1. The van der Waals surface area contributed by atoms with Gasteiger partial charge in [0.25, 0.3) is 0 Å². The Labute approximate surface area is 153 Å². The molecule has 138 valence electrons. The second-order valence-electron chi connectivity index (χ2n) is 6.63. The molecule has 0 radical (unpaired) electrons. The molecule has 2 fully saturated rings. The summed E-state index contributed by atoms with van der Waals surface area (Å²) >= 11 is 0. The van der Waals surface area contributed by atoms with E-state index in [2.05, 4.69) is 31.0 Å². The Balaban J connectivity index is 1.18. The molecule has 27 heavy (non-hydrogen) atoms. The summed E-state index contributed by atoms with van der Waals surface area (Å²) in [5.41, 5.74) is 6.73. The number of hydrogen-bond acceptors (Lipinski definition) is 9. The molecule has 3 aromatic heterocycles. The van der Waals surface area contributed by atoms with Gasteiger partial charge in [0.1, 0.15) is 17.5 Å². The number of nitrogens with zero attached hydrogens (tertiary/aromatic N) is 5. The zero-order valence-electron chi connectivity index (χ0n) is 14.3. The highest BCUT2D eigenvalue weighted by atomic mass is 16.5. The molecule has 2 saturated heterocycles. The van der Waals surface area contributed by atoms with Crippen LogP contribution in [0.5, 0.6) is 0 Å². The summed E-state index contributed by atoms with van der Waals surface area (Å²) in [6.45, 7) is 1.12. The van der Waals surface area contributed by atoms with E-state index in [1.807, 2.05) is 12.1 Å². The van der Waals surface area contributed by atoms with Gasteiger partial charge in [-0.15, -0.1) is 0 Å². The van der Waals surface area contributed by atoms with E-state index >= 15 is 0 Å². The van der Waals surface area contributed by atoms with Crippen molar-refractivity contribution in [2.24, 2.45) is 0 Å². The molecule has 0 aromatic carbocycles. The predicted octanol–water partition coefficient (Wildman–Crippen LogP) is 0.653. The zero-order chi connectivity index (χ0) is 18.2. The molecular formula is C17H17N7O3. The third kappa shape index (κ3) is 2.98. The summed E-state index contributed by atoms with van der Waals surface area (Å²) < 4.78 is 10.7. The van der Waals surface area contributed by atoms with E-state index in [4.69, 9.17) is 8.94 Å². The average Bonchev–Trinajstić information content (AvgIpc) is 3.41. The monoisotopic (exact) mass is 367 g/mol. The van der Waals surface area contributed by atoms with Crippen LogP contribution in [0.3, 0.4) is 0 Å². The molecule has 0 spiro atoms.